The molecule has 6 heteroatoms. The number of carbonyl (C=O) groups excluding carboxylic acids is 1. The van der Waals surface area contributed by atoms with Gasteiger partial charge in [-0.3, -0.25) is 9.69 Å². The van der Waals surface area contributed by atoms with Crippen molar-refractivity contribution in [2.24, 2.45) is 0 Å². The summed E-state index contributed by atoms with van der Waals surface area (Å²) in [6.45, 7) is 2.90. The van der Waals surface area contributed by atoms with Crippen molar-refractivity contribution in [2.75, 3.05) is 13.1 Å². The van der Waals surface area contributed by atoms with Crippen molar-refractivity contribution in [3.8, 4) is 0 Å². The molecular weight excluding hydrogens is 328 g/mol. The fourth-order valence-electron chi connectivity index (χ4n) is 3.41. The lowest BCUT2D eigenvalue weighted by molar-refractivity contribution is 0.0950. The van der Waals surface area contributed by atoms with Gasteiger partial charge in [0, 0.05) is 44.8 Å². The van der Waals surface area contributed by atoms with Gasteiger partial charge in [0.1, 0.15) is 5.65 Å². The van der Waals surface area contributed by atoms with Crippen LogP contribution in [0.3, 0.4) is 0 Å². The van der Waals surface area contributed by atoms with Crippen LogP contribution in [0.25, 0.3) is 5.65 Å². The van der Waals surface area contributed by atoms with Crippen LogP contribution in [0.1, 0.15) is 27.9 Å². The second-order valence-electron chi connectivity index (χ2n) is 6.74. The molecule has 1 aliphatic rings. The quantitative estimate of drug-likeness (QED) is 0.737. The summed E-state index contributed by atoms with van der Waals surface area (Å²) in [5, 5.41) is 12.7. The smallest absolute Gasteiger partial charge is 0.253 e. The predicted octanol–water partition coefficient (Wildman–Crippen LogP) is 1.83. The van der Waals surface area contributed by atoms with Gasteiger partial charge in [-0.05, 0) is 29.7 Å². The Morgan fingerprint density at radius 1 is 1.23 bits per heavy atom. The summed E-state index contributed by atoms with van der Waals surface area (Å²) < 4.78 is 1.83. The number of amides is 1. The van der Waals surface area contributed by atoms with Crippen LogP contribution in [0.2, 0.25) is 0 Å². The molecule has 0 radical (unpaired) electrons. The molecule has 3 heterocycles. The Kier molecular flexibility index (Phi) is 4.69. The van der Waals surface area contributed by atoms with Crippen molar-refractivity contribution in [1.82, 2.24) is 19.6 Å². The van der Waals surface area contributed by atoms with Crippen LogP contribution in [0.5, 0.6) is 0 Å². The number of fused-ring (bicyclic) bond motifs is 1. The average Bonchev–Trinajstić information content (AvgIpc) is 3.28. The molecule has 1 aliphatic heterocycles. The maximum absolute atomic E-state index is 12.5. The summed E-state index contributed by atoms with van der Waals surface area (Å²) in [5.74, 6) is -0.105. The van der Waals surface area contributed by atoms with Crippen molar-refractivity contribution in [2.45, 2.75) is 25.6 Å². The molecule has 1 saturated heterocycles. The number of nitrogens with zero attached hydrogens (tertiary/aromatic N) is 3. The van der Waals surface area contributed by atoms with E-state index in [1.165, 1.54) is 5.56 Å². The van der Waals surface area contributed by atoms with Gasteiger partial charge in [-0.25, -0.2) is 4.98 Å². The number of hydrogen-bond acceptors (Lipinski definition) is 4. The summed E-state index contributed by atoms with van der Waals surface area (Å²) in [7, 11) is 0. The van der Waals surface area contributed by atoms with Crippen LogP contribution in [-0.4, -0.2) is 44.5 Å². The van der Waals surface area contributed by atoms with E-state index >= 15 is 0 Å². The summed E-state index contributed by atoms with van der Waals surface area (Å²) in [4.78, 5) is 18.9. The van der Waals surface area contributed by atoms with Crippen LogP contribution in [0.15, 0.2) is 55.0 Å². The van der Waals surface area contributed by atoms with Crippen LogP contribution in [0.4, 0.5) is 0 Å². The van der Waals surface area contributed by atoms with E-state index in [-0.39, 0.29) is 12.0 Å². The first kappa shape index (κ1) is 16.8. The van der Waals surface area contributed by atoms with Crippen molar-refractivity contribution < 1.29 is 9.90 Å². The second-order valence-corrected chi connectivity index (χ2v) is 6.74. The summed E-state index contributed by atoms with van der Waals surface area (Å²) in [6.07, 6.45) is 5.93. The molecule has 1 fully saturated rings. The van der Waals surface area contributed by atoms with E-state index < -0.39 is 0 Å². The number of hydrogen-bond donors (Lipinski definition) is 2. The lowest BCUT2D eigenvalue weighted by Crippen LogP contribution is -2.25. The number of β-amino-alcohol motifs (C(OH)–C–C–N with tert-alkyl or cyclic N) is 1. The number of carbonyl (C=O) groups is 1. The summed E-state index contributed by atoms with van der Waals surface area (Å²) in [6, 6.07) is 11.8. The monoisotopic (exact) mass is 350 g/mol. The zero-order valence-electron chi connectivity index (χ0n) is 14.5. The maximum atomic E-state index is 12.5. The minimum Gasteiger partial charge on any atom is -0.392 e. The fourth-order valence-corrected chi connectivity index (χ4v) is 3.41. The van der Waals surface area contributed by atoms with Gasteiger partial charge < -0.3 is 14.8 Å². The Balaban J connectivity index is 1.43. The molecule has 1 aromatic carbocycles. The van der Waals surface area contributed by atoms with Crippen molar-refractivity contribution in [1.29, 1.82) is 0 Å². The lowest BCUT2D eigenvalue weighted by Gasteiger charge is -2.18. The molecule has 6 nitrogen and oxygen atoms in total. The largest absolute Gasteiger partial charge is 0.392 e. The standard InChI is InChI=1S/C20H22N4O2/c25-18-7-9-23(14-18)12-16-4-2-1-3-15(16)11-22-20(26)17-5-6-19-21-8-10-24(19)13-17/h1-6,8,10,13,18,25H,7,9,11-12,14H2,(H,22,26). The molecule has 26 heavy (non-hydrogen) atoms. The van der Waals surface area contributed by atoms with Crippen molar-refractivity contribution >= 4 is 11.6 Å². The van der Waals surface area contributed by atoms with E-state index in [0.29, 0.717) is 18.7 Å². The van der Waals surface area contributed by atoms with E-state index in [2.05, 4.69) is 21.3 Å². The molecule has 1 amide bonds. The first-order valence-electron chi connectivity index (χ1n) is 8.87. The Labute approximate surface area is 152 Å². The molecule has 0 saturated carbocycles. The van der Waals surface area contributed by atoms with Gasteiger partial charge in [0.05, 0.1) is 11.7 Å². The second kappa shape index (κ2) is 7.27. The topological polar surface area (TPSA) is 69.9 Å². The molecule has 1 unspecified atom stereocenters. The highest BCUT2D eigenvalue weighted by atomic mass is 16.3. The molecule has 2 aromatic heterocycles. The highest BCUT2D eigenvalue weighted by Crippen LogP contribution is 2.16. The zero-order valence-corrected chi connectivity index (χ0v) is 14.5. The van der Waals surface area contributed by atoms with Gasteiger partial charge in [-0.2, -0.15) is 0 Å². The minimum atomic E-state index is -0.222. The van der Waals surface area contributed by atoms with Gasteiger partial charge in [-0.15, -0.1) is 0 Å². The number of likely N-dealkylation sites (tertiary alicyclic amines) is 1. The SMILES string of the molecule is O=C(NCc1ccccc1CN1CCC(O)C1)c1ccc2nccn2c1. The van der Waals surface area contributed by atoms with E-state index in [9.17, 15) is 9.90 Å². The maximum Gasteiger partial charge on any atom is 0.253 e. The number of benzene rings is 1. The van der Waals surface area contributed by atoms with Gasteiger partial charge in [0.25, 0.3) is 5.91 Å². The van der Waals surface area contributed by atoms with Crippen LogP contribution in [-0.2, 0) is 13.1 Å². The third-order valence-electron chi connectivity index (χ3n) is 4.85. The predicted molar refractivity (Wildman–Crippen MR) is 98.7 cm³/mol. The fraction of sp³-hybridized carbons (Fsp3) is 0.300. The van der Waals surface area contributed by atoms with Gasteiger partial charge in [0.15, 0.2) is 0 Å². The van der Waals surface area contributed by atoms with Crippen LogP contribution < -0.4 is 5.32 Å². The molecule has 1 atom stereocenters. The van der Waals surface area contributed by atoms with Gasteiger partial charge in [0.2, 0.25) is 0 Å². The molecular formula is C20H22N4O2. The lowest BCUT2D eigenvalue weighted by atomic mass is 10.1. The Bertz CT molecular complexity index is 921. The zero-order chi connectivity index (χ0) is 17.9. The van der Waals surface area contributed by atoms with Gasteiger partial charge >= 0.3 is 0 Å². The first-order valence-corrected chi connectivity index (χ1v) is 8.87. The summed E-state index contributed by atoms with van der Waals surface area (Å²) >= 11 is 0. The Morgan fingerprint density at radius 2 is 2.08 bits per heavy atom. The van der Waals surface area contributed by atoms with E-state index in [4.69, 9.17) is 0 Å². The normalized spacial score (nSPS) is 17.7. The molecule has 0 aliphatic carbocycles. The minimum absolute atomic E-state index is 0.105. The highest BCUT2D eigenvalue weighted by molar-refractivity contribution is 5.94. The van der Waals surface area contributed by atoms with E-state index in [0.717, 1.165) is 30.7 Å². The first-order chi connectivity index (χ1) is 12.7. The number of aromatic nitrogens is 2. The number of pyridine rings is 1. The number of rotatable bonds is 5. The van der Waals surface area contributed by atoms with Crippen LogP contribution in [0, 0.1) is 0 Å². The van der Waals surface area contributed by atoms with Crippen molar-refractivity contribution in [3.05, 3.63) is 71.7 Å². The van der Waals surface area contributed by atoms with Gasteiger partial charge in [-0.1, -0.05) is 24.3 Å². The van der Waals surface area contributed by atoms with Crippen molar-refractivity contribution in [3.63, 3.8) is 0 Å². The van der Waals surface area contributed by atoms with E-state index in [1.54, 1.807) is 18.5 Å². The number of nitrogens with one attached hydrogen (secondary N) is 1. The molecule has 134 valence electrons. The number of aliphatic hydroxyl groups excluding tert-OH is 1. The summed E-state index contributed by atoms with van der Waals surface area (Å²) in [5.41, 5.74) is 3.72. The third-order valence-corrected chi connectivity index (χ3v) is 4.85. The highest BCUT2D eigenvalue weighted by Gasteiger charge is 2.20. The molecule has 3 aromatic rings. The Hall–Kier alpha value is -2.70. The third kappa shape index (κ3) is 3.61. The molecule has 2 N–H and O–H groups in total. The Morgan fingerprint density at radius 3 is 2.88 bits per heavy atom. The molecule has 0 bridgehead atoms. The molecule has 0 spiro atoms. The molecule has 4 rings (SSSR count). The van der Waals surface area contributed by atoms with E-state index in [1.807, 2.05) is 34.9 Å². The number of aliphatic hydroxyl groups is 1. The average molecular weight is 350 g/mol. The number of imidazole rings is 1. The van der Waals surface area contributed by atoms with Crippen LogP contribution >= 0.6 is 0 Å².